The Morgan fingerprint density at radius 1 is 0.935 bits per heavy atom. The number of hydrogen-bond donors (Lipinski definition) is 1. The van der Waals surface area contributed by atoms with Crippen LogP contribution in [0.3, 0.4) is 0 Å². The monoisotopic (exact) mass is 426 g/mol. The van der Waals surface area contributed by atoms with Crippen molar-refractivity contribution in [2.24, 2.45) is 0 Å². The summed E-state index contributed by atoms with van der Waals surface area (Å²) in [4.78, 5) is 27.5. The first-order valence-electron chi connectivity index (χ1n) is 10.6. The van der Waals surface area contributed by atoms with Crippen LogP contribution < -0.4 is 14.8 Å². The van der Waals surface area contributed by atoms with Gasteiger partial charge < -0.3 is 19.7 Å². The van der Waals surface area contributed by atoms with Gasteiger partial charge in [-0.25, -0.2) is 0 Å². The van der Waals surface area contributed by atoms with Crippen molar-refractivity contribution in [1.29, 1.82) is 0 Å². The highest BCUT2D eigenvalue weighted by atomic mass is 16.5. The zero-order valence-corrected chi connectivity index (χ0v) is 19.4. The molecule has 0 aliphatic rings. The molecule has 0 aliphatic carbocycles. The van der Waals surface area contributed by atoms with Gasteiger partial charge in [0.25, 0.3) is 0 Å². The number of carbonyl (C=O) groups is 2. The minimum Gasteiger partial charge on any atom is -0.493 e. The molecule has 2 aromatic rings. The van der Waals surface area contributed by atoms with Crippen molar-refractivity contribution in [3.63, 3.8) is 0 Å². The van der Waals surface area contributed by atoms with E-state index >= 15 is 0 Å². The quantitative estimate of drug-likeness (QED) is 0.626. The Hall–Kier alpha value is -3.02. The van der Waals surface area contributed by atoms with Crippen LogP contribution in [0, 0.1) is 6.92 Å². The Kier molecular flexibility index (Phi) is 8.91. The highest BCUT2D eigenvalue weighted by Crippen LogP contribution is 2.28. The summed E-state index contributed by atoms with van der Waals surface area (Å²) >= 11 is 0. The second-order valence-corrected chi connectivity index (χ2v) is 8.04. The predicted octanol–water partition coefficient (Wildman–Crippen LogP) is 3.89. The number of rotatable bonds is 10. The van der Waals surface area contributed by atoms with E-state index in [4.69, 9.17) is 9.47 Å². The summed E-state index contributed by atoms with van der Waals surface area (Å²) < 4.78 is 10.6. The highest BCUT2D eigenvalue weighted by Gasteiger charge is 2.26. The third kappa shape index (κ3) is 7.02. The van der Waals surface area contributed by atoms with Crippen LogP contribution in [0.25, 0.3) is 0 Å². The van der Waals surface area contributed by atoms with Crippen molar-refractivity contribution in [3.05, 3.63) is 59.2 Å². The van der Waals surface area contributed by atoms with Crippen LogP contribution in [-0.2, 0) is 22.6 Å². The molecule has 0 fully saturated rings. The number of nitrogens with one attached hydrogen (secondary N) is 1. The topological polar surface area (TPSA) is 67.9 Å². The number of benzene rings is 2. The van der Waals surface area contributed by atoms with Crippen molar-refractivity contribution in [2.75, 3.05) is 14.2 Å². The number of aryl methyl sites for hydroxylation is 2. The van der Waals surface area contributed by atoms with Crippen LogP contribution in [0.5, 0.6) is 11.5 Å². The van der Waals surface area contributed by atoms with Gasteiger partial charge in [0, 0.05) is 19.0 Å². The molecule has 2 amide bonds. The molecule has 0 radical (unpaired) electrons. The van der Waals surface area contributed by atoms with Gasteiger partial charge in [-0.3, -0.25) is 9.59 Å². The van der Waals surface area contributed by atoms with Gasteiger partial charge >= 0.3 is 0 Å². The van der Waals surface area contributed by atoms with Crippen LogP contribution in [-0.4, -0.2) is 43.0 Å². The maximum absolute atomic E-state index is 13.2. The molecule has 0 heterocycles. The van der Waals surface area contributed by atoms with E-state index in [-0.39, 0.29) is 17.9 Å². The molecule has 31 heavy (non-hydrogen) atoms. The van der Waals surface area contributed by atoms with Gasteiger partial charge in [-0.05, 0) is 57.4 Å². The zero-order valence-electron chi connectivity index (χ0n) is 19.4. The van der Waals surface area contributed by atoms with E-state index in [9.17, 15) is 9.59 Å². The summed E-state index contributed by atoms with van der Waals surface area (Å²) in [5.74, 6) is 1.06. The van der Waals surface area contributed by atoms with E-state index in [0.717, 1.165) is 16.7 Å². The van der Waals surface area contributed by atoms with Crippen LogP contribution >= 0.6 is 0 Å². The van der Waals surface area contributed by atoms with E-state index in [1.807, 2.05) is 63.2 Å². The molecule has 1 N–H and O–H groups in total. The summed E-state index contributed by atoms with van der Waals surface area (Å²) in [7, 11) is 3.18. The fraction of sp³-hybridized carbons (Fsp3) is 0.440. The van der Waals surface area contributed by atoms with Gasteiger partial charge in [0.05, 0.1) is 14.2 Å². The molecule has 0 spiro atoms. The fourth-order valence-corrected chi connectivity index (χ4v) is 3.31. The minimum atomic E-state index is -0.568. The molecule has 0 bridgehead atoms. The lowest BCUT2D eigenvalue weighted by atomic mass is 10.1. The Bertz CT molecular complexity index is 878. The third-order valence-electron chi connectivity index (χ3n) is 5.15. The van der Waals surface area contributed by atoms with Gasteiger partial charge in [-0.15, -0.1) is 0 Å². The molecule has 6 heteroatoms. The highest BCUT2D eigenvalue weighted by molar-refractivity contribution is 5.87. The van der Waals surface area contributed by atoms with Crippen LogP contribution in [0.15, 0.2) is 42.5 Å². The molecule has 0 aromatic heterocycles. The van der Waals surface area contributed by atoms with Crippen molar-refractivity contribution in [3.8, 4) is 11.5 Å². The number of nitrogens with zero attached hydrogens (tertiary/aromatic N) is 1. The molecule has 2 aromatic carbocycles. The molecule has 0 saturated heterocycles. The number of methoxy groups -OCH3 is 2. The van der Waals surface area contributed by atoms with Gasteiger partial charge in [0.1, 0.15) is 6.04 Å². The summed E-state index contributed by atoms with van der Waals surface area (Å²) in [6.07, 6.45) is 0.836. The number of amides is 2. The number of ether oxygens (including phenoxy) is 2. The Labute approximate surface area is 185 Å². The molecular formula is C25H34N2O4. The summed E-state index contributed by atoms with van der Waals surface area (Å²) in [6, 6.07) is 13.1. The van der Waals surface area contributed by atoms with Crippen molar-refractivity contribution in [2.45, 2.75) is 59.2 Å². The van der Waals surface area contributed by atoms with E-state index in [0.29, 0.717) is 30.9 Å². The Morgan fingerprint density at radius 3 is 2.13 bits per heavy atom. The predicted molar refractivity (Wildman–Crippen MR) is 122 cm³/mol. The maximum atomic E-state index is 13.2. The molecular weight excluding hydrogens is 392 g/mol. The van der Waals surface area contributed by atoms with E-state index in [1.165, 1.54) is 0 Å². The lowest BCUT2D eigenvalue weighted by Crippen LogP contribution is -2.49. The second-order valence-electron chi connectivity index (χ2n) is 8.04. The van der Waals surface area contributed by atoms with Crippen molar-refractivity contribution >= 4 is 11.8 Å². The standard InChI is InChI=1S/C25H34N2O4/c1-17(2)26-25(29)19(4)27(16-21-9-7-18(3)8-10-21)24(28)14-12-20-11-13-22(30-5)23(15-20)31-6/h7-11,13,15,17,19H,12,14,16H2,1-6H3,(H,26,29)/t19-/m1/s1. The van der Waals surface area contributed by atoms with Crippen molar-refractivity contribution in [1.82, 2.24) is 10.2 Å². The van der Waals surface area contributed by atoms with Crippen LogP contribution in [0.2, 0.25) is 0 Å². The average molecular weight is 427 g/mol. The van der Waals surface area contributed by atoms with E-state index in [2.05, 4.69) is 5.32 Å². The van der Waals surface area contributed by atoms with E-state index in [1.54, 1.807) is 26.0 Å². The fourth-order valence-electron chi connectivity index (χ4n) is 3.31. The van der Waals surface area contributed by atoms with Gasteiger partial charge in [0.2, 0.25) is 11.8 Å². The molecule has 0 unspecified atom stereocenters. The summed E-state index contributed by atoms with van der Waals surface area (Å²) in [5.41, 5.74) is 3.12. The normalized spacial score (nSPS) is 11.7. The smallest absolute Gasteiger partial charge is 0.242 e. The van der Waals surface area contributed by atoms with E-state index < -0.39 is 6.04 Å². The summed E-state index contributed by atoms with van der Waals surface area (Å²) in [6.45, 7) is 8.01. The molecule has 0 saturated carbocycles. The second kappa shape index (κ2) is 11.4. The van der Waals surface area contributed by atoms with Crippen LogP contribution in [0.4, 0.5) is 0 Å². The average Bonchev–Trinajstić information content (AvgIpc) is 2.75. The van der Waals surface area contributed by atoms with Gasteiger partial charge in [-0.1, -0.05) is 35.9 Å². The Balaban J connectivity index is 2.16. The zero-order chi connectivity index (χ0) is 23.0. The maximum Gasteiger partial charge on any atom is 0.242 e. The first-order valence-corrected chi connectivity index (χ1v) is 10.6. The number of hydrogen-bond acceptors (Lipinski definition) is 4. The SMILES string of the molecule is COc1ccc(CCC(=O)N(Cc2ccc(C)cc2)[C@H](C)C(=O)NC(C)C)cc1OC. The first kappa shape index (κ1) is 24.3. The van der Waals surface area contributed by atoms with Crippen molar-refractivity contribution < 1.29 is 19.1 Å². The first-order chi connectivity index (χ1) is 14.7. The number of carbonyl (C=O) groups excluding carboxylic acids is 2. The molecule has 1 atom stereocenters. The third-order valence-corrected chi connectivity index (χ3v) is 5.15. The lowest BCUT2D eigenvalue weighted by Gasteiger charge is -2.29. The molecule has 0 aliphatic heterocycles. The summed E-state index contributed by atoms with van der Waals surface area (Å²) in [5, 5.41) is 2.91. The van der Waals surface area contributed by atoms with Gasteiger partial charge in [0.15, 0.2) is 11.5 Å². The molecule has 6 nitrogen and oxygen atoms in total. The Morgan fingerprint density at radius 2 is 1.55 bits per heavy atom. The minimum absolute atomic E-state index is 0.0121. The van der Waals surface area contributed by atoms with Crippen LogP contribution in [0.1, 0.15) is 43.9 Å². The molecule has 2 rings (SSSR count). The lowest BCUT2D eigenvalue weighted by molar-refractivity contribution is -0.140. The largest absolute Gasteiger partial charge is 0.493 e. The molecule has 168 valence electrons. The van der Waals surface area contributed by atoms with Gasteiger partial charge in [-0.2, -0.15) is 0 Å².